The van der Waals surface area contributed by atoms with Gasteiger partial charge in [0.1, 0.15) is 5.82 Å². The Hall–Kier alpha value is -2.21. The van der Waals surface area contributed by atoms with Crippen molar-refractivity contribution in [2.75, 3.05) is 5.73 Å². The van der Waals surface area contributed by atoms with Gasteiger partial charge >= 0.3 is 5.69 Å². The summed E-state index contributed by atoms with van der Waals surface area (Å²) in [5.41, 5.74) is 5.81. The summed E-state index contributed by atoms with van der Waals surface area (Å²) in [5.74, 6) is -0.361. The fraction of sp³-hybridized carbons (Fsp3) is 0. The summed E-state index contributed by atoms with van der Waals surface area (Å²) in [6.07, 6.45) is 2.98. The van der Waals surface area contributed by atoms with Gasteiger partial charge in [0.2, 0.25) is 0 Å². The van der Waals surface area contributed by atoms with Crippen molar-refractivity contribution in [3.63, 3.8) is 0 Å². The summed E-state index contributed by atoms with van der Waals surface area (Å²) in [6.45, 7) is 0. The quantitative estimate of drug-likeness (QED) is 0.916. The van der Waals surface area contributed by atoms with Gasteiger partial charge in [-0.2, -0.15) is 4.98 Å². The van der Waals surface area contributed by atoms with Gasteiger partial charge in [-0.1, -0.05) is 34.1 Å². The second kappa shape index (κ2) is 5.62. The number of hydrogen-bond donors (Lipinski definition) is 1. The molecule has 0 aliphatic rings. The molecule has 0 aliphatic carbocycles. The molecule has 1 aromatic carbocycles. The van der Waals surface area contributed by atoms with Crippen LogP contribution < -0.4 is 11.4 Å². The van der Waals surface area contributed by atoms with E-state index >= 15 is 0 Å². The van der Waals surface area contributed by atoms with Crippen molar-refractivity contribution in [1.82, 2.24) is 9.55 Å². The first-order chi connectivity index (χ1) is 9.13. The zero-order chi connectivity index (χ0) is 13.8. The van der Waals surface area contributed by atoms with Crippen LogP contribution in [0.3, 0.4) is 0 Å². The maximum atomic E-state index is 12.2. The second-order valence-electron chi connectivity index (χ2n) is 3.70. The molecular weight excluding hydrogens is 310 g/mol. The Balaban J connectivity index is 2.54. The molecule has 0 spiro atoms. The SMILES string of the molecule is Nc1nc(=O)n(C(=O)c2ccccc2)cc1C=CBr. The van der Waals surface area contributed by atoms with E-state index in [9.17, 15) is 9.59 Å². The third-order valence-corrected chi connectivity index (χ3v) is 2.73. The Bertz CT molecular complexity index is 693. The monoisotopic (exact) mass is 319 g/mol. The highest BCUT2D eigenvalue weighted by molar-refractivity contribution is 9.11. The van der Waals surface area contributed by atoms with Gasteiger partial charge in [0, 0.05) is 17.3 Å². The number of anilines is 1. The van der Waals surface area contributed by atoms with Gasteiger partial charge in [0.25, 0.3) is 5.91 Å². The molecule has 1 heterocycles. The lowest BCUT2D eigenvalue weighted by atomic mass is 10.2. The van der Waals surface area contributed by atoms with Gasteiger partial charge in [0.05, 0.1) is 0 Å². The summed E-state index contributed by atoms with van der Waals surface area (Å²) < 4.78 is 0.939. The van der Waals surface area contributed by atoms with Crippen LogP contribution in [0.4, 0.5) is 5.82 Å². The van der Waals surface area contributed by atoms with E-state index in [1.54, 1.807) is 41.4 Å². The van der Waals surface area contributed by atoms with Crippen LogP contribution in [0, 0.1) is 0 Å². The first-order valence-corrected chi connectivity index (χ1v) is 6.30. The van der Waals surface area contributed by atoms with E-state index in [1.807, 2.05) is 0 Å². The molecule has 19 heavy (non-hydrogen) atoms. The van der Waals surface area contributed by atoms with E-state index in [2.05, 4.69) is 20.9 Å². The molecule has 5 nitrogen and oxygen atoms in total. The van der Waals surface area contributed by atoms with E-state index in [-0.39, 0.29) is 5.82 Å². The lowest BCUT2D eigenvalue weighted by Gasteiger charge is -2.06. The van der Waals surface area contributed by atoms with Gasteiger partial charge in [0.15, 0.2) is 0 Å². The highest BCUT2D eigenvalue weighted by atomic mass is 79.9. The Morgan fingerprint density at radius 1 is 1.32 bits per heavy atom. The third-order valence-electron chi connectivity index (χ3n) is 2.47. The van der Waals surface area contributed by atoms with Gasteiger partial charge in [-0.05, 0) is 23.2 Å². The lowest BCUT2D eigenvalue weighted by molar-refractivity contribution is 0.0954. The fourth-order valence-corrected chi connectivity index (χ4v) is 1.83. The van der Waals surface area contributed by atoms with Crippen LogP contribution in [0.15, 0.2) is 46.3 Å². The van der Waals surface area contributed by atoms with E-state index in [1.165, 1.54) is 6.20 Å². The molecule has 0 atom stereocenters. The summed E-state index contributed by atoms with van der Waals surface area (Å²) in [5, 5.41) is 0. The van der Waals surface area contributed by atoms with Crippen LogP contribution in [0.2, 0.25) is 0 Å². The number of nitrogens with zero attached hydrogens (tertiary/aromatic N) is 2. The fourth-order valence-electron chi connectivity index (χ4n) is 1.54. The van der Waals surface area contributed by atoms with Gasteiger partial charge in [-0.15, -0.1) is 0 Å². The van der Waals surface area contributed by atoms with E-state index in [4.69, 9.17) is 5.73 Å². The van der Waals surface area contributed by atoms with Crippen molar-refractivity contribution in [3.8, 4) is 0 Å². The topological polar surface area (TPSA) is 78.0 Å². The Labute approximate surface area is 117 Å². The number of rotatable bonds is 2. The zero-order valence-corrected chi connectivity index (χ0v) is 11.4. The number of carbonyl (C=O) groups excluding carboxylic acids is 1. The maximum absolute atomic E-state index is 12.2. The molecule has 0 saturated carbocycles. The smallest absolute Gasteiger partial charge is 0.356 e. The molecule has 6 heteroatoms. The second-order valence-corrected chi connectivity index (χ2v) is 4.23. The molecule has 1 aromatic heterocycles. The Morgan fingerprint density at radius 3 is 2.63 bits per heavy atom. The van der Waals surface area contributed by atoms with Crippen molar-refractivity contribution in [2.24, 2.45) is 0 Å². The number of aromatic nitrogens is 2. The summed E-state index contributed by atoms with van der Waals surface area (Å²) in [7, 11) is 0. The molecule has 2 N–H and O–H groups in total. The molecule has 0 bridgehead atoms. The summed E-state index contributed by atoms with van der Waals surface area (Å²) >= 11 is 3.11. The number of nitrogens with two attached hydrogens (primary N) is 1. The van der Waals surface area contributed by atoms with Crippen LogP contribution in [0.5, 0.6) is 0 Å². The molecule has 0 unspecified atom stereocenters. The van der Waals surface area contributed by atoms with Gasteiger partial charge in [-0.3, -0.25) is 4.79 Å². The molecule has 0 aliphatic heterocycles. The van der Waals surface area contributed by atoms with E-state index in [0.29, 0.717) is 11.1 Å². The first kappa shape index (κ1) is 13.2. The molecule has 0 radical (unpaired) electrons. The molecule has 0 saturated heterocycles. The molecule has 96 valence electrons. The lowest BCUT2D eigenvalue weighted by Crippen LogP contribution is -2.30. The predicted molar refractivity (Wildman–Crippen MR) is 77.0 cm³/mol. The van der Waals surface area contributed by atoms with Crippen LogP contribution in [-0.4, -0.2) is 15.5 Å². The highest BCUT2D eigenvalue weighted by Crippen LogP contribution is 2.10. The highest BCUT2D eigenvalue weighted by Gasteiger charge is 2.12. The predicted octanol–water partition coefficient (Wildman–Crippen LogP) is 1.88. The number of carbonyl (C=O) groups is 1. The average Bonchev–Trinajstić information content (AvgIpc) is 2.42. The molecule has 2 rings (SSSR count). The zero-order valence-electron chi connectivity index (χ0n) is 9.79. The number of benzene rings is 1. The minimum atomic E-state index is -0.696. The average molecular weight is 320 g/mol. The number of halogens is 1. The largest absolute Gasteiger partial charge is 0.383 e. The minimum absolute atomic E-state index is 0.0813. The summed E-state index contributed by atoms with van der Waals surface area (Å²) in [4.78, 5) is 29.1. The summed E-state index contributed by atoms with van der Waals surface area (Å²) in [6, 6.07) is 8.50. The maximum Gasteiger partial charge on any atom is 0.356 e. The van der Waals surface area contributed by atoms with Gasteiger partial charge < -0.3 is 5.73 Å². The van der Waals surface area contributed by atoms with Crippen molar-refractivity contribution >= 4 is 33.7 Å². The minimum Gasteiger partial charge on any atom is -0.383 e. The standard InChI is InChI=1S/C13H10BrN3O2/c14-7-6-10-8-17(13(19)16-11(10)15)12(18)9-4-2-1-3-5-9/h1-8H,(H2,15,16,19). The first-order valence-electron chi connectivity index (χ1n) is 5.39. The van der Waals surface area contributed by atoms with Crippen LogP contribution >= 0.6 is 15.9 Å². The Morgan fingerprint density at radius 2 is 2.00 bits per heavy atom. The van der Waals surface area contributed by atoms with Crippen LogP contribution in [0.25, 0.3) is 6.08 Å². The third kappa shape index (κ3) is 2.79. The van der Waals surface area contributed by atoms with Crippen LogP contribution in [-0.2, 0) is 0 Å². The van der Waals surface area contributed by atoms with Crippen molar-refractivity contribution < 1.29 is 4.79 Å². The molecule has 0 amide bonds. The number of hydrogen-bond acceptors (Lipinski definition) is 4. The molecule has 0 fully saturated rings. The Kier molecular flexibility index (Phi) is 3.91. The van der Waals surface area contributed by atoms with Crippen LogP contribution in [0.1, 0.15) is 15.9 Å². The van der Waals surface area contributed by atoms with Crippen molar-refractivity contribution in [3.05, 3.63) is 63.1 Å². The molecule has 2 aromatic rings. The normalized spacial score (nSPS) is 10.8. The molecular formula is C13H10BrN3O2. The van der Waals surface area contributed by atoms with Crippen molar-refractivity contribution in [1.29, 1.82) is 0 Å². The van der Waals surface area contributed by atoms with Crippen molar-refractivity contribution in [2.45, 2.75) is 0 Å². The van der Waals surface area contributed by atoms with Gasteiger partial charge in [-0.25, -0.2) is 9.36 Å². The number of nitrogen functional groups attached to an aromatic ring is 1. The van der Waals surface area contributed by atoms with E-state index in [0.717, 1.165) is 4.57 Å². The van der Waals surface area contributed by atoms with E-state index < -0.39 is 11.6 Å².